The normalized spacial score (nSPS) is 15.9. The maximum Gasteiger partial charge on any atom is 0.233 e. The standard InChI is InChI=1S/C17H28N4OS2/c1-12(2)11-19-16-20-21-17(24-16)23-13(3)15(22)18-10-9-14-7-5-4-6-8-14/h7,12-13H,4-6,8-11H2,1-3H3,(H,18,22)(H,19,20). The lowest BCUT2D eigenvalue weighted by atomic mass is 9.97. The maximum atomic E-state index is 12.2. The first kappa shape index (κ1) is 19.2. The largest absolute Gasteiger partial charge is 0.360 e. The molecule has 134 valence electrons. The van der Waals surface area contributed by atoms with Gasteiger partial charge in [-0.3, -0.25) is 4.79 Å². The molecule has 1 atom stereocenters. The van der Waals surface area contributed by atoms with Crippen LogP contribution in [0.15, 0.2) is 16.0 Å². The van der Waals surface area contributed by atoms with E-state index in [1.54, 1.807) is 0 Å². The zero-order valence-electron chi connectivity index (χ0n) is 14.8. The zero-order valence-corrected chi connectivity index (χ0v) is 16.4. The van der Waals surface area contributed by atoms with Gasteiger partial charge in [0.1, 0.15) is 0 Å². The molecule has 1 aromatic heterocycles. The Balaban J connectivity index is 1.70. The van der Waals surface area contributed by atoms with E-state index in [0.29, 0.717) is 5.92 Å². The number of allylic oxidation sites excluding steroid dienone is 1. The van der Waals surface area contributed by atoms with Crippen LogP contribution in [0.25, 0.3) is 0 Å². The van der Waals surface area contributed by atoms with Gasteiger partial charge in [-0.05, 0) is 44.9 Å². The third kappa shape index (κ3) is 6.81. The molecule has 0 aliphatic heterocycles. The molecule has 0 spiro atoms. The van der Waals surface area contributed by atoms with Gasteiger partial charge in [-0.15, -0.1) is 10.2 Å². The number of carbonyl (C=O) groups excluding carboxylic acids is 1. The summed E-state index contributed by atoms with van der Waals surface area (Å²) in [5.41, 5.74) is 1.49. The third-order valence-electron chi connectivity index (χ3n) is 3.85. The molecular weight excluding hydrogens is 340 g/mol. The van der Waals surface area contributed by atoms with Crippen LogP contribution in [0.1, 0.15) is 52.9 Å². The van der Waals surface area contributed by atoms with Crippen LogP contribution in [-0.2, 0) is 4.79 Å². The van der Waals surface area contributed by atoms with Crippen molar-refractivity contribution >= 4 is 34.1 Å². The Labute approximate surface area is 153 Å². The minimum Gasteiger partial charge on any atom is -0.360 e. The summed E-state index contributed by atoms with van der Waals surface area (Å²) in [6, 6.07) is 0. The predicted molar refractivity (Wildman–Crippen MR) is 103 cm³/mol. The Morgan fingerprint density at radius 1 is 1.33 bits per heavy atom. The Hall–Kier alpha value is -1.08. The SMILES string of the molecule is CC(C)CNc1nnc(SC(C)C(=O)NCCC2=CCCCC2)s1. The smallest absolute Gasteiger partial charge is 0.233 e. The van der Waals surface area contributed by atoms with Crippen molar-refractivity contribution in [3.05, 3.63) is 11.6 Å². The van der Waals surface area contributed by atoms with Crippen molar-refractivity contribution in [1.82, 2.24) is 15.5 Å². The van der Waals surface area contributed by atoms with Crippen LogP contribution in [0.2, 0.25) is 0 Å². The predicted octanol–water partition coefficient (Wildman–Crippen LogP) is 4.09. The fourth-order valence-corrected chi connectivity index (χ4v) is 4.37. The number of thioether (sulfide) groups is 1. The van der Waals surface area contributed by atoms with Gasteiger partial charge in [0.25, 0.3) is 0 Å². The third-order valence-corrected chi connectivity index (χ3v) is 5.91. The van der Waals surface area contributed by atoms with Crippen LogP contribution in [-0.4, -0.2) is 34.4 Å². The summed E-state index contributed by atoms with van der Waals surface area (Å²) in [6.07, 6.45) is 8.29. The summed E-state index contributed by atoms with van der Waals surface area (Å²) < 4.78 is 0.832. The van der Waals surface area contributed by atoms with Crippen LogP contribution < -0.4 is 10.6 Å². The minimum absolute atomic E-state index is 0.0725. The van der Waals surface area contributed by atoms with Gasteiger partial charge < -0.3 is 10.6 Å². The highest BCUT2D eigenvalue weighted by atomic mass is 32.2. The van der Waals surface area contributed by atoms with Crippen LogP contribution in [0, 0.1) is 5.92 Å². The molecule has 0 saturated carbocycles. The van der Waals surface area contributed by atoms with Gasteiger partial charge in [0.2, 0.25) is 11.0 Å². The van der Waals surface area contributed by atoms with Gasteiger partial charge in [-0.2, -0.15) is 0 Å². The number of aromatic nitrogens is 2. The molecule has 24 heavy (non-hydrogen) atoms. The number of amides is 1. The molecule has 1 aliphatic rings. The van der Waals surface area contributed by atoms with Gasteiger partial charge in [0, 0.05) is 13.1 Å². The van der Waals surface area contributed by atoms with E-state index in [0.717, 1.165) is 29.0 Å². The molecule has 1 unspecified atom stereocenters. The molecule has 2 rings (SSSR count). The minimum atomic E-state index is -0.156. The first-order chi connectivity index (χ1) is 11.5. The van der Waals surface area contributed by atoms with E-state index >= 15 is 0 Å². The monoisotopic (exact) mass is 368 g/mol. The first-order valence-corrected chi connectivity index (χ1v) is 10.4. The molecule has 5 nitrogen and oxygen atoms in total. The van der Waals surface area contributed by atoms with E-state index in [2.05, 4.69) is 40.8 Å². The Kier molecular flexibility index (Phi) is 8.05. The lowest BCUT2D eigenvalue weighted by Crippen LogP contribution is -2.31. The number of nitrogens with zero attached hydrogens (tertiary/aromatic N) is 2. The molecule has 1 heterocycles. The van der Waals surface area contributed by atoms with Crippen LogP contribution in [0.4, 0.5) is 5.13 Å². The fourth-order valence-electron chi connectivity index (χ4n) is 2.45. The van der Waals surface area contributed by atoms with Gasteiger partial charge in [0.15, 0.2) is 4.34 Å². The number of nitrogens with one attached hydrogen (secondary N) is 2. The maximum absolute atomic E-state index is 12.2. The van der Waals surface area contributed by atoms with Crippen molar-refractivity contribution in [3.63, 3.8) is 0 Å². The molecule has 1 aromatic rings. The molecule has 1 aliphatic carbocycles. The number of hydrogen-bond donors (Lipinski definition) is 2. The van der Waals surface area contributed by atoms with Crippen molar-refractivity contribution in [3.8, 4) is 0 Å². The number of anilines is 1. The van der Waals surface area contributed by atoms with E-state index in [1.807, 2.05) is 6.92 Å². The summed E-state index contributed by atoms with van der Waals surface area (Å²) in [5, 5.41) is 15.2. The average molecular weight is 369 g/mol. The summed E-state index contributed by atoms with van der Waals surface area (Å²) in [4.78, 5) is 12.2. The molecule has 7 heteroatoms. The van der Waals surface area contributed by atoms with Crippen molar-refractivity contribution in [2.75, 3.05) is 18.4 Å². The average Bonchev–Trinajstić information content (AvgIpc) is 3.01. The molecular formula is C17H28N4OS2. The lowest BCUT2D eigenvalue weighted by molar-refractivity contribution is -0.120. The summed E-state index contributed by atoms with van der Waals surface area (Å²) in [5.74, 6) is 0.636. The molecule has 1 amide bonds. The Bertz CT molecular complexity index is 557. The van der Waals surface area contributed by atoms with Crippen molar-refractivity contribution in [2.45, 2.75) is 62.5 Å². The molecule has 0 saturated heterocycles. The molecule has 0 radical (unpaired) electrons. The highest BCUT2D eigenvalue weighted by molar-refractivity contribution is 8.02. The van der Waals surface area contributed by atoms with Crippen LogP contribution in [0.3, 0.4) is 0 Å². The Morgan fingerprint density at radius 3 is 2.88 bits per heavy atom. The highest BCUT2D eigenvalue weighted by Gasteiger charge is 2.17. The van der Waals surface area contributed by atoms with Crippen molar-refractivity contribution < 1.29 is 4.79 Å². The molecule has 2 N–H and O–H groups in total. The van der Waals surface area contributed by atoms with E-state index in [1.165, 1.54) is 54.4 Å². The summed E-state index contributed by atoms with van der Waals surface area (Å²) in [7, 11) is 0. The van der Waals surface area contributed by atoms with Crippen molar-refractivity contribution in [2.24, 2.45) is 5.92 Å². The van der Waals surface area contributed by atoms with E-state index < -0.39 is 0 Å². The van der Waals surface area contributed by atoms with Crippen LogP contribution in [0.5, 0.6) is 0 Å². The topological polar surface area (TPSA) is 66.9 Å². The zero-order chi connectivity index (χ0) is 17.4. The number of hydrogen-bond acceptors (Lipinski definition) is 6. The second-order valence-corrected chi connectivity index (χ2v) is 9.12. The number of carbonyl (C=O) groups is 1. The quantitative estimate of drug-likeness (QED) is 0.507. The summed E-state index contributed by atoms with van der Waals surface area (Å²) in [6.45, 7) is 7.83. The second-order valence-electron chi connectivity index (χ2n) is 6.56. The van der Waals surface area contributed by atoms with Crippen LogP contribution >= 0.6 is 23.1 Å². The molecule has 0 bridgehead atoms. The second kappa shape index (κ2) is 10.0. The van der Waals surface area contributed by atoms with E-state index in [-0.39, 0.29) is 11.2 Å². The highest BCUT2D eigenvalue weighted by Crippen LogP contribution is 2.29. The number of rotatable bonds is 9. The van der Waals surface area contributed by atoms with E-state index in [4.69, 9.17) is 0 Å². The van der Waals surface area contributed by atoms with Gasteiger partial charge >= 0.3 is 0 Å². The molecule has 0 fully saturated rings. The van der Waals surface area contributed by atoms with Gasteiger partial charge in [-0.25, -0.2) is 0 Å². The Morgan fingerprint density at radius 2 is 2.17 bits per heavy atom. The summed E-state index contributed by atoms with van der Waals surface area (Å²) >= 11 is 2.98. The molecule has 0 aromatic carbocycles. The lowest BCUT2D eigenvalue weighted by Gasteiger charge is -2.14. The van der Waals surface area contributed by atoms with Gasteiger partial charge in [-0.1, -0.05) is 48.6 Å². The fraction of sp³-hybridized carbons (Fsp3) is 0.706. The first-order valence-electron chi connectivity index (χ1n) is 8.74. The van der Waals surface area contributed by atoms with Crippen molar-refractivity contribution in [1.29, 1.82) is 0 Å². The van der Waals surface area contributed by atoms with E-state index in [9.17, 15) is 4.79 Å². The van der Waals surface area contributed by atoms with Gasteiger partial charge in [0.05, 0.1) is 5.25 Å².